The van der Waals surface area contributed by atoms with E-state index in [4.69, 9.17) is 0 Å². The van der Waals surface area contributed by atoms with Gasteiger partial charge in [-0.3, -0.25) is 13.8 Å². The summed E-state index contributed by atoms with van der Waals surface area (Å²) in [7, 11) is 0. The monoisotopic (exact) mass is 404 g/mol. The zero-order chi connectivity index (χ0) is 20.2. The van der Waals surface area contributed by atoms with Gasteiger partial charge >= 0.3 is 0 Å². The Morgan fingerprint density at radius 2 is 1.79 bits per heavy atom. The van der Waals surface area contributed by atoms with Gasteiger partial charge < -0.3 is 0 Å². The van der Waals surface area contributed by atoms with E-state index in [2.05, 4.69) is 48.3 Å². The van der Waals surface area contributed by atoms with E-state index >= 15 is 0 Å². The second-order valence-electron chi connectivity index (χ2n) is 7.40. The molecule has 0 atom stereocenters. The highest BCUT2D eigenvalue weighted by Gasteiger charge is 2.16. The topological polar surface area (TPSA) is 52.2 Å². The summed E-state index contributed by atoms with van der Waals surface area (Å²) in [6, 6.07) is 17.9. The zero-order valence-corrected chi connectivity index (χ0v) is 17.5. The molecule has 0 saturated carbocycles. The molecule has 4 aromatic rings. The second kappa shape index (κ2) is 8.66. The number of hydrogen-bond acceptors (Lipinski definition) is 4. The molecule has 0 aliphatic rings. The van der Waals surface area contributed by atoms with Crippen molar-refractivity contribution in [2.75, 3.05) is 5.75 Å². The summed E-state index contributed by atoms with van der Waals surface area (Å²) in [5.41, 5.74) is 2.03. The lowest BCUT2D eigenvalue weighted by molar-refractivity contribution is 0.512. The predicted octanol–water partition coefficient (Wildman–Crippen LogP) is 4.90. The third-order valence-corrected chi connectivity index (χ3v) is 5.71. The van der Waals surface area contributed by atoms with Crippen molar-refractivity contribution in [1.29, 1.82) is 0 Å². The average molecular weight is 405 g/mol. The van der Waals surface area contributed by atoms with Crippen molar-refractivity contribution in [2.24, 2.45) is 5.92 Å². The molecule has 0 aliphatic carbocycles. The highest BCUT2D eigenvalue weighted by molar-refractivity contribution is 7.99. The van der Waals surface area contributed by atoms with E-state index in [1.54, 1.807) is 16.3 Å². The quantitative estimate of drug-likeness (QED) is 0.411. The second-order valence-corrected chi connectivity index (χ2v) is 8.39. The van der Waals surface area contributed by atoms with Gasteiger partial charge in [0.2, 0.25) is 5.78 Å². The number of hydrogen-bond donors (Lipinski definition) is 0. The van der Waals surface area contributed by atoms with Crippen LogP contribution in [0.25, 0.3) is 22.8 Å². The van der Waals surface area contributed by atoms with Crippen molar-refractivity contribution in [3.8, 4) is 0 Å². The maximum Gasteiger partial charge on any atom is 0.262 e. The van der Waals surface area contributed by atoms with E-state index in [0.717, 1.165) is 22.8 Å². The van der Waals surface area contributed by atoms with Crippen molar-refractivity contribution >= 4 is 34.5 Å². The Balaban J connectivity index is 1.70. The van der Waals surface area contributed by atoms with Gasteiger partial charge in [0.1, 0.15) is 0 Å². The average Bonchev–Trinajstić information content (AvgIpc) is 3.15. The number of rotatable bonds is 7. The highest BCUT2D eigenvalue weighted by Crippen LogP contribution is 2.22. The molecule has 0 unspecified atom stereocenters. The van der Waals surface area contributed by atoms with Crippen LogP contribution < -0.4 is 5.56 Å². The number of aryl methyl sites for hydroxylation is 1. The predicted molar refractivity (Wildman–Crippen MR) is 120 cm³/mol. The minimum atomic E-state index is 0.00155. The smallest absolute Gasteiger partial charge is 0.262 e. The maximum absolute atomic E-state index is 13.0. The third-order valence-electron chi connectivity index (χ3n) is 4.83. The van der Waals surface area contributed by atoms with Crippen LogP contribution in [0.3, 0.4) is 0 Å². The molecule has 0 radical (unpaired) electrons. The number of para-hydroxylation sites is 1. The Hall–Kier alpha value is -2.86. The summed E-state index contributed by atoms with van der Waals surface area (Å²) >= 11 is 1.62. The molecule has 0 fully saturated rings. The summed E-state index contributed by atoms with van der Waals surface area (Å²) in [4.78, 5) is 13.0. The summed E-state index contributed by atoms with van der Waals surface area (Å²) in [5.74, 6) is 1.90. The van der Waals surface area contributed by atoms with Crippen LogP contribution in [0.5, 0.6) is 0 Å². The Morgan fingerprint density at radius 1 is 1.03 bits per heavy atom. The number of thioether (sulfide) groups is 1. The van der Waals surface area contributed by atoms with Gasteiger partial charge in [0.05, 0.1) is 10.9 Å². The molecule has 29 heavy (non-hydrogen) atoms. The fourth-order valence-electron chi connectivity index (χ4n) is 3.29. The van der Waals surface area contributed by atoms with E-state index < -0.39 is 0 Å². The molecule has 148 valence electrons. The number of fused-ring (bicyclic) bond motifs is 3. The number of aromatic nitrogens is 4. The van der Waals surface area contributed by atoms with Crippen molar-refractivity contribution in [2.45, 2.75) is 32.0 Å². The molecule has 5 nitrogen and oxygen atoms in total. The van der Waals surface area contributed by atoms with Crippen molar-refractivity contribution in [3.05, 3.63) is 76.6 Å². The van der Waals surface area contributed by atoms with Crippen LogP contribution in [-0.2, 0) is 6.54 Å². The minimum Gasteiger partial charge on any atom is -0.276 e. The first-order chi connectivity index (χ1) is 14.1. The Labute approximate surface area is 174 Å². The lowest BCUT2D eigenvalue weighted by Gasteiger charge is -2.12. The van der Waals surface area contributed by atoms with Gasteiger partial charge in [0.15, 0.2) is 5.16 Å². The van der Waals surface area contributed by atoms with Crippen LogP contribution in [0.1, 0.15) is 25.8 Å². The zero-order valence-electron chi connectivity index (χ0n) is 16.7. The molecule has 0 aliphatic heterocycles. The molecule has 2 aromatic carbocycles. The molecule has 2 heterocycles. The summed E-state index contributed by atoms with van der Waals surface area (Å²) in [6.45, 7) is 4.96. The summed E-state index contributed by atoms with van der Waals surface area (Å²) < 4.78 is 3.78. The molecule has 4 rings (SSSR count). The normalized spacial score (nSPS) is 12.0. The van der Waals surface area contributed by atoms with E-state index in [0.29, 0.717) is 23.6 Å². The highest BCUT2D eigenvalue weighted by atomic mass is 32.2. The maximum atomic E-state index is 13.0. The van der Waals surface area contributed by atoms with Gasteiger partial charge in [-0.25, -0.2) is 0 Å². The van der Waals surface area contributed by atoms with Gasteiger partial charge in [0, 0.05) is 12.3 Å². The van der Waals surface area contributed by atoms with Crippen molar-refractivity contribution in [1.82, 2.24) is 19.2 Å². The van der Waals surface area contributed by atoms with Gasteiger partial charge in [0.25, 0.3) is 5.56 Å². The van der Waals surface area contributed by atoms with E-state index in [1.165, 1.54) is 5.56 Å². The van der Waals surface area contributed by atoms with Crippen molar-refractivity contribution in [3.63, 3.8) is 0 Å². The Morgan fingerprint density at radius 3 is 2.59 bits per heavy atom. The van der Waals surface area contributed by atoms with Gasteiger partial charge in [-0.05, 0) is 30.0 Å². The standard InChI is InChI=1S/C23H24N4OS/c1-17(2)14-15-26-21(28)19-12-6-7-13-20(19)27-22(26)24-25-23(27)29-16-8-11-18-9-4-3-5-10-18/h3-13,17H,14-16H2,1-2H3/b11-8+. The van der Waals surface area contributed by atoms with Gasteiger partial charge in [-0.2, -0.15) is 0 Å². The molecular formula is C23H24N4OS. The molecule has 0 saturated heterocycles. The van der Waals surface area contributed by atoms with E-state index in [-0.39, 0.29) is 5.56 Å². The molecule has 0 N–H and O–H groups in total. The summed E-state index contributed by atoms with van der Waals surface area (Å²) in [5, 5.41) is 10.3. The SMILES string of the molecule is CC(C)CCn1c(=O)c2ccccc2n2c(SC/C=C/c3ccccc3)nnc12. The number of benzene rings is 2. The molecule has 0 bridgehead atoms. The first kappa shape index (κ1) is 19.5. The molecule has 0 amide bonds. The van der Waals surface area contributed by atoms with Crippen LogP contribution in [0.4, 0.5) is 0 Å². The first-order valence-corrected chi connectivity index (χ1v) is 10.8. The van der Waals surface area contributed by atoms with E-state index in [1.807, 2.05) is 46.9 Å². The third kappa shape index (κ3) is 4.12. The van der Waals surface area contributed by atoms with Gasteiger partial charge in [-0.15, -0.1) is 10.2 Å². The fourth-order valence-corrected chi connectivity index (χ4v) is 4.04. The van der Waals surface area contributed by atoms with Crippen LogP contribution >= 0.6 is 11.8 Å². The Bertz CT molecular complexity index is 1210. The minimum absolute atomic E-state index is 0.00155. The molecule has 0 spiro atoms. The summed E-state index contributed by atoms with van der Waals surface area (Å²) in [6.07, 6.45) is 5.15. The van der Waals surface area contributed by atoms with Crippen molar-refractivity contribution < 1.29 is 0 Å². The van der Waals surface area contributed by atoms with Crippen LogP contribution in [0.15, 0.2) is 70.6 Å². The molecule has 6 heteroatoms. The van der Waals surface area contributed by atoms with Crippen LogP contribution in [-0.4, -0.2) is 24.9 Å². The molecular weight excluding hydrogens is 380 g/mol. The van der Waals surface area contributed by atoms with Gasteiger partial charge in [-0.1, -0.05) is 80.2 Å². The number of nitrogens with zero attached hydrogens (tertiary/aromatic N) is 4. The first-order valence-electron chi connectivity index (χ1n) is 9.86. The van der Waals surface area contributed by atoms with Crippen LogP contribution in [0, 0.1) is 5.92 Å². The lowest BCUT2D eigenvalue weighted by Crippen LogP contribution is -2.24. The fraction of sp³-hybridized carbons (Fsp3) is 0.261. The molecule has 2 aromatic heterocycles. The van der Waals surface area contributed by atoms with E-state index in [9.17, 15) is 4.79 Å². The van der Waals surface area contributed by atoms with Crippen LogP contribution in [0.2, 0.25) is 0 Å². The lowest BCUT2D eigenvalue weighted by atomic mass is 10.1. The largest absolute Gasteiger partial charge is 0.276 e. The Kier molecular flexibility index (Phi) is 5.81.